The van der Waals surface area contributed by atoms with Crippen LogP contribution in [-0.2, 0) is 10.2 Å². The number of carboxylic acids is 1. The predicted octanol–water partition coefficient (Wildman–Crippen LogP) is 1.66. The van der Waals surface area contributed by atoms with E-state index in [-0.39, 0.29) is 11.3 Å². The van der Waals surface area contributed by atoms with Gasteiger partial charge in [-0.2, -0.15) is 0 Å². The molecule has 2 N–H and O–H groups in total. The molecular formula is C11H11FO4. The van der Waals surface area contributed by atoms with Crippen molar-refractivity contribution in [1.82, 2.24) is 0 Å². The standard InChI is InChI=1S/C11H11FO4/c1-16-7-3-2-6(8(12)9(7)13)11(4-5-11)10(14)15/h2-3,13H,4-5H2,1H3,(H,14,15). The second-order valence-electron chi connectivity index (χ2n) is 3.87. The van der Waals surface area contributed by atoms with Crippen LogP contribution < -0.4 is 4.74 Å². The molecule has 5 heteroatoms. The second kappa shape index (κ2) is 3.37. The number of aromatic hydroxyl groups is 1. The number of hydrogen-bond acceptors (Lipinski definition) is 3. The van der Waals surface area contributed by atoms with E-state index in [0.717, 1.165) is 0 Å². The van der Waals surface area contributed by atoms with Gasteiger partial charge in [0.1, 0.15) is 0 Å². The Hall–Kier alpha value is -1.78. The van der Waals surface area contributed by atoms with Crippen molar-refractivity contribution in [3.05, 3.63) is 23.5 Å². The van der Waals surface area contributed by atoms with Crippen LogP contribution in [0.5, 0.6) is 11.5 Å². The van der Waals surface area contributed by atoms with E-state index in [0.29, 0.717) is 12.8 Å². The summed E-state index contributed by atoms with van der Waals surface area (Å²) in [5, 5.41) is 18.5. The summed E-state index contributed by atoms with van der Waals surface area (Å²) in [6.07, 6.45) is 0.788. The van der Waals surface area contributed by atoms with Crippen LogP contribution in [0.15, 0.2) is 12.1 Å². The summed E-state index contributed by atoms with van der Waals surface area (Å²) in [6, 6.07) is 2.73. The number of aliphatic carboxylic acids is 1. The Bertz CT molecular complexity index is 452. The van der Waals surface area contributed by atoms with Crippen molar-refractivity contribution >= 4 is 5.97 Å². The number of rotatable bonds is 3. The van der Waals surface area contributed by atoms with Gasteiger partial charge in [0.2, 0.25) is 0 Å². The average Bonchev–Trinajstić information content (AvgIpc) is 3.03. The molecule has 0 amide bonds. The normalized spacial score (nSPS) is 16.9. The topological polar surface area (TPSA) is 66.8 Å². The minimum atomic E-state index is -1.16. The van der Waals surface area contributed by atoms with Gasteiger partial charge in [-0.15, -0.1) is 0 Å². The molecule has 1 aromatic rings. The molecule has 0 atom stereocenters. The fraction of sp³-hybridized carbons (Fsp3) is 0.364. The number of benzene rings is 1. The van der Waals surface area contributed by atoms with Gasteiger partial charge in [-0.3, -0.25) is 4.79 Å². The van der Waals surface area contributed by atoms with Crippen LogP contribution in [-0.4, -0.2) is 23.3 Å². The third-order valence-electron chi connectivity index (χ3n) is 2.97. The van der Waals surface area contributed by atoms with Gasteiger partial charge in [0, 0.05) is 5.56 Å². The molecule has 0 aliphatic heterocycles. The molecule has 1 aromatic carbocycles. The van der Waals surface area contributed by atoms with Gasteiger partial charge < -0.3 is 14.9 Å². The molecule has 2 rings (SSSR count). The fourth-order valence-electron chi connectivity index (χ4n) is 1.80. The Kier molecular flexibility index (Phi) is 2.26. The highest BCUT2D eigenvalue weighted by Gasteiger charge is 2.53. The van der Waals surface area contributed by atoms with Crippen LogP contribution in [0.1, 0.15) is 18.4 Å². The van der Waals surface area contributed by atoms with E-state index in [1.165, 1.54) is 19.2 Å². The third kappa shape index (κ3) is 1.31. The van der Waals surface area contributed by atoms with Crippen molar-refractivity contribution < 1.29 is 24.1 Å². The van der Waals surface area contributed by atoms with Crippen LogP contribution in [0.3, 0.4) is 0 Å². The molecule has 1 aliphatic carbocycles. The maximum Gasteiger partial charge on any atom is 0.314 e. The average molecular weight is 226 g/mol. The van der Waals surface area contributed by atoms with Crippen LogP contribution in [0.2, 0.25) is 0 Å². The van der Waals surface area contributed by atoms with Gasteiger partial charge in [-0.25, -0.2) is 4.39 Å². The molecular weight excluding hydrogens is 215 g/mol. The summed E-state index contributed by atoms with van der Waals surface area (Å²) in [6.45, 7) is 0. The number of hydrogen-bond donors (Lipinski definition) is 2. The Labute approximate surface area is 91.3 Å². The van der Waals surface area contributed by atoms with E-state index in [9.17, 15) is 14.3 Å². The first-order valence-electron chi connectivity index (χ1n) is 4.82. The maximum absolute atomic E-state index is 13.8. The predicted molar refractivity (Wildman–Crippen MR) is 53.2 cm³/mol. The molecule has 0 unspecified atom stereocenters. The SMILES string of the molecule is COc1ccc(C2(C(=O)O)CC2)c(F)c1O. The lowest BCUT2D eigenvalue weighted by Crippen LogP contribution is -2.21. The van der Waals surface area contributed by atoms with Crippen molar-refractivity contribution in [3.8, 4) is 11.5 Å². The maximum atomic E-state index is 13.8. The molecule has 1 aliphatic rings. The summed E-state index contributed by atoms with van der Waals surface area (Å²) >= 11 is 0. The lowest BCUT2D eigenvalue weighted by molar-refractivity contribution is -0.140. The summed E-state index contributed by atoms with van der Waals surface area (Å²) in [5.41, 5.74) is -1.13. The van der Waals surface area contributed by atoms with Gasteiger partial charge >= 0.3 is 5.97 Å². The van der Waals surface area contributed by atoms with E-state index in [4.69, 9.17) is 9.84 Å². The molecule has 0 heterocycles. The summed E-state index contributed by atoms with van der Waals surface area (Å²) in [5.74, 6) is -2.59. The zero-order chi connectivity index (χ0) is 11.9. The van der Waals surface area contributed by atoms with Crippen molar-refractivity contribution in [3.63, 3.8) is 0 Å². The number of phenolic OH excluding ortho intramolecular Hbond substituents is 1. The quantitative estimate of drug-likeness (QED) is 0.822. The van der Waals surface area contributed by atoms with E-state index in [1.54, 1.807) is 0 Å². The molecule has 86 valence electrons. The summed E-state index contributed by atoms with van der Waals surface area (Å²) in [4.78, 5) is 11.0. The molecule has 1 fully saturated rings. The second-order valence-corrected chi connectivity index (χ2v) is 3.87. The molecule has 0 bridgehead atoms. The first-order chi connectivity index (χ1) is 7.53. The van der Waals surface area contributed by atoms with E-state index < -0.39 is 23.0 Å². The van der Waals surface area contributed by atoms with Gasteiger partial charge in [0.05, 0.1) is 12.5 Å². The highest BCUT2D eigenvalue weighted by atomic mass is 19.1. The van der Waals surface area contributed by atoms with Gasteiger partial charge in [0.25, 0.3) is 0 Å². The van der Waals surface area contributed by atoms with Gasteiger partial charge in [-0.1, -0.05) is 6.07 Å². The lowest BCUT2D eigenvalue weighted by atomic mass is 9.95. The van der Waals surface area contributed by atoms with E-state index in [1.807, 2.05) is 0 Å². The smallest absolute Gasteiger partial charge is 0.314 e. The van der Waals surface area contributed by atoms with Gasteiger partial charge in [-0.05, 0) is 18.9 Å². The van der Waals surface area contributed by atoms with Crippen molar-refractivity contribution in [2.75, 3.05) is 7.11 Å². The van der Waals surface area contributed by atoms with Crippen molar-refractivity contribution in [2.24, 2.45) is 0 Å². The summed E-state index contributed by atoms with van der Waals surface area (Å²) < 4.78 is 18.5. The number of methoxy groups -OCH3 is 1. The minimum Gasteiger partial charge on any atom is -0.502 e. The first-order valence-corrected chi connectivity index (χ1v) is 4.82. The molecule has 0 saturated heterocycles. The zero-order valence-electron chi connectivity index (χ0n) is 8.66. The Balaban J connectivity index is 2.52. The largest absolute Gasteiger partial charge is 0.502 e. The zero-order valence-corrected chi connectivity index (χ0v) is 8.66. The van der Waals surface area contributed by atoms with E-state index in [2.05, 4.69) is 0 Å². The fourth-order valence-corrected chi connectivity index (χ4v) is 1.80. The Morgan fingerprint density at radius 1 is 1.50 bits per heavy atom. The first kappa shape index (κ1) is 10.7. The highest BCUT2D eigenvalue weighted by Crippen LogP contribution is 2.51. The number of phenols is 1. The van der Waals surface area contributed by atoms with Crippen LogP contribution >= 0.6 is 0 Å². The molecule has 1 saturated carbocycles. The number of carbonyl (C=O) groups is 1. The number of carboxylic acid groups (broad SMARTS) is 1. The lowest BCUT2D eigenvalue weighted by Gasteiger charge is -2.13. The van der Waals surface area contributed by atoms with E-state index >= 15 is 0 Å². The Morgan fingerprint density at radius 2 is 2.12 bits per heavy atom. The molecule has 16 heavy (non-hydrogen) atoms. The molecule has 4 nitrogen and oxygen atoms in total. The molecule has 0 aromatic heterocycles. The van der Waals surface area contributed by atoms with Gasteiger partial charge in [0.15, 0.2) is 17.3 Å². The third-order valence-corrected chi connectivity index (χ3v) is 2.97. The number of ether oxygens (including phenoxy) is 1. The number of halogens is 1. The van der Waals surface area contributed by atoms with Crippen LogP contribution in [0.4, 0.5) is 4.39 Å². The van der Waals surface area contributed by atoms with Crippen molar-refractivity contribution in [2.45, 2.75) is 18.3 Å². The van der Waals surface area contributed by atoms with Crippen LogP contribution in [0.25, 0.3) is 0 Å². The minimum absolute atomic E-state index is 0.00226. The molecule has 0 radical (unpaired) electrons. The monoisotopic (exact) mass is 226 g/mol. The Morgan fingerprint density at radius 3 is 2.56 bits per heavy atom. The van der Waals surface area contributed by atoms with Crippen molar-refractivity contribution in [1.29, 1.82) is 0 Å². The molecule has 0 spiro atoms. The summed E-state index contributed by atoms with van der Waals surface area (Å²) in [7, 11) is 1.30. The highest BCUT2D eigenvalue weighted by molar-refractivity contribution is 5.85. The van der Waals surface area contributed by atoms with Crippen LogP contribution in [0, 0.1) is 5.82 Å².